The highest BCUT2D eigenvalue weighted by Crippen LogP contribution is 2.23. The van der Waals surface area contributed by atoms with E-state index in [1.165, 1.54) is 17.8 Å². The molecule has 1 aromatic carbocycles. The molecule has 0 saturated carbocycles. The SMILES string of the molecule is CSc1ncccc1C(=O)N1CCC(CNC(=O)c2ccc(C)c([N+](=O)[O-])c2)CC1. The second-order valence-electron chi connectivity index (χ2n) is 7.26. The Hall–Kier alpha value is -2.94. The van der Waals surface area contributed by atoms with Gasteiger partial charge in [0.25, 0.3) is 17.5 Å². The number of piperidine rings is 1. The number of likely N-dealkylation sites (tertiary alicyclic amines) is 1. The van der Waals surface area contributed by atoms with Crippen molar-refractivity contribution < 1.29 is 14.5 Å². The van der Waals surface area contributed by atoms with Crippen molar-refractivity contribution in [2.45, 2.75) is 24.8 Å². The van der Waals surface area contributed by atoms with E-state index in [1.54, 1.807) is 37.4 Å². The molecule has 0 spiro atoms. The van der Waals surface area contributed by atoms with E-state index in [-0.39, 0.29) is 29.0 Å². The first-order valence-electron chi connectivity index (χ1n) is 9.72. The fraction of sp³-hybridized carbons (Fsp3) is 0.381. The lowest BCUT2D eigenvalue weighted by atomic mass is 9.96. The van der Waals surface area contributed by atoms with E-state index in [2.05, 4.69) is 10.3 Å². The van der Waals surface area contributed by atoms with E-state index in [1.807, 2.05) is 11.2 Å². The average Bonchev–Trinajstić information content (AvgIpc) is 2.77. The molecule has 2 amide bonds. The molecule has 0 bridgehead atoms. The van der Waals surface area contributed by atoms with Crippen LogP contribution in [0.15, 0.2) is 41.6 Å². The number of nitro benzene ring substituents is 1. The van der Waals surface area contributed by atoms with Crippen molar-refractivity contribution in [2.24, 2.45) is 5.92 Å². The number of thioether (sulfide) groups is 1. The maximum atomic E-state index is 12.8. The Morgan fingerprint density at radius 3 is 2.70 bits per heavy atom. The minimum absolute atomic E-state index is 0.0121. The van der Waals surface area contributed by atoms with Crippen molar-refractivity contribution >= 4 is 29.3 Å². The van der Waals surface area contributed by atoms with Gasteiger partial charge in [-0.15, -0.1) is 11.8 Å². The van der Waals surface area contributed by atoms with Gasteiger partial charge in [0.05, 0.1) is 10.5 Å². The zero-order valence-corrected chi connectivity index (χ0v) is 17.8. The zero-order valence-electron chi connectivity index (χ0n) is 17.0. The summed E-state index contributed by atoms with van der Waals surface area (Å²) in [5.74, 6) is -0.0779. The lowest BCUT2D eigenvalue weighted by Crippen LogP contribution is -2.41. The molecule has 8 nitrogen and oxygen atoms in total. The normalized spacial score (nSPS) is 14.4. The number of hydrogen-bond donors (Lipinski definition) is 1. The minimum Gasteiger partial charge on any atom is -0.352 e. The van der Waals surface area contributed by atoms with Gasteiger partial charge in [-0.25, -0.2) is 4.98 Å². The Morgan fingerprint density at radius 2 is 2.03 bits per heavy atom. The maximum absolute atomic E-state index is 12.8. The second-order valence-corrected chi connectivity index (χ2v) is 8.06. The second kappa shape index (κ2) is 9.71. The van der Waals surface area contributed by atoms with Crippen molar-refractivity contribution in [1.82, 2.24) is 15.2 Å². The first kappa shape index (κ1) is 21.8. The topological polar surface area (TPSA) is 105 Å². The number of nitrogens with one attached hydrogen (secondary N) is 1. The summed E-state index contributed by atoms with van der Waals surface area (Å²) in [6, 6.07) is 8.05. The largest absolute Gasteiger partial charge is 0.352 e. The number of amides is 2. The van der Waals surface area contributed by atoms with Crippen LogP contribution in [0.3, 0.4) is 0 Å². The van der Waals surface area contributed by atoms with Crippen LogP contribution in [-0.4, -0.2) is 52.5 Å². The number of aromatic nitrogens is 1. The predicted molar refractivity (Wildman–Crippen MR) is 115 cm³/mol. The summed E-state index contributed by atoms with van der Waals surface area (Å²) in [7, 11) is 0. The molecule has 1 N–H and O–H groups in total. The van der Waals surface area contributed by atoms with Gasteiger partial charge in [-0.05, 0) is 50.1 Å². The van der Waals surface area contributed by atoms with E-state index in [4.69, 9.17) is 0 Å². The fourth-order valence-electron chi connectivity index (χ4n) is 3.51. The molecule has 1 saturated heterocycles. The smallest absolute Gasteiger partial charge is 0.273 e. The fourth-order valence-corrected chi connectivity index (χ4v) is 4.05. The van der Waals surface area contributed by atoms with Crippen molar-refractivity contribution in [1.29, 1.82) is 0 Å². The number of carbonyl (C=O) groups excluding carboxylic acids is 2. The van der Waals surface area contributed by atoms with Gasteiger partial charge in [0.1, 0.15) is 5.03 Å². The molecule has 1 aliphatic rings. The van der Waals surface area contributed by atoms with Crippen molar-refractivity contribution in [3.05, 3.63) is 63.3 Å². The number of nitro groups is 1. The third-order valence-corrected chi connectivity index (χ3v) is 6.03. The summed E-state index contributed by atoms with van der Waals surface area (Å²) < 4.78 is 0. The van der Waals surface area contributed by atoms with Crippen molar-refractivity contribution in [2.75, 3.05) is 25.9 Å². The summed E-state index contributed by atoms with van der Waals surface area (Å²) in [6.07, 6.45) is 5.15. The molecule has 2 aromatic rings. The van der Waals surface area contributed by atoms with Crippen LogP contribution < -0.4 is 5.32 Å². The van der Waals surface area contributed by atoms with Gasteiger partial charge in [0, 0.05) is 43.0 Å². The van der Waals surface area contributed by atoms with Crippen LogP contribution in [0.2, 0.25) is 0 Å². The zero-order chi connectivity index (χ0) is 21.7. The quantitative estimate of drug-likeness (QED) is 0.430. The third kappa shape index (κ3) is 4.96. The van der Waals surface area contributed by atoms with Gasteiger partial charge < -0.3 is 10.2 Å². The third-order valence-electron chi connectivity index (χ3n) is 5.32. The van der Waals surface area contributed by atoms with Crippen LogP contribution in [-0.2, 0) is 0 Å². The number of hydrogen-bond acceptors (Lipinski definition) is 6. The monoisotopic (exact) mass is 428 g/mol. The highest BCUT2D eigenvalue weighted by atomic mass is 32.2. The summed E-state index contributed by atoms with van der Waals surface area (Å²) in [4.78, 5) is 41.9. The highest BCUT2D eigenvalue weighted by molar-refractivity contribution is 7.98. The molecule has 9 heteroatoms. The Kier molecular flexibility index (Phi) is 7.04. The first-order chi connectivity index (χ1) is 14.4. The first-order valence-corrected chi connectivity index (χ1v) is 10.9. The Morgan fingerprint density at radius 1 is 1.30 bits per heavy atom. The number of benzene rings is 1. The minimum atomic E-state index is -0.483. The number of nitrogens with zero attached hydrogens (tertiary/aromatic N) is 3. The van der Waals surface area contributed by atoms with Crippen molar-refractivity contribution in [3.8, 4) is 0 Å². The summed E-state index contributed by atoms with van der Waals surface area (Å²) in [5.41, 5.74) is 1.36. The number of pyridine rings is 1. The summed E-state index contributed by atoms with van der Waals surface area (Å²) in [5, 5.41) is 14.7. The van der Waals surface area contributed by atoms with Crippen LogP contribution in [0.5, 0.6) is 0 Å². The molecule has 30 heavy (non-hydrogen) atoms. The van der Waals surface area contributed by atoms with E-state index < -0.39 is 4.92 Å². The van der Waals surface area contributed by atoms with Gasteiger partial charge in [-0.1, -0.05) is 6.07 Å². The molecular formula is C21H24N4O4S. The molecule has 0 atom stereocenters. The van der Waals surface area contributed by atoms with E-state index in [0.717, 1.165) is 17.9 Å². The molecule has 1 aliphatic heterocycles. The number of aryl methyl sites for hydroxylation is 1. The maximum Gasteiger partial charge on any atom is 0.273 e. The Labute approximate surface area is 179 Å². The number of carbonyl (C=O) groups is 2. The molecule has 2 heterocycles. The van der Waals surface area contributed by atoms with E-state index in [0.29, 0.717) is 30.8 Å². The molecule has 3 rings (SSSR count). The van der Waals surface area contributed by atoms with Gasteiger partial charge in [0.2, 0.25) is 0 Å². The molecule has 1 fully saturated rings. The van der Waals surface area contributed by atoms with E-state index >= 15 is 0 Å². The van der Waals surface area contributed by atoms with E-state index in [9.17, 15) is 19.7 Å². The van der Waals surface area contributed by atoms with Gasteiger partial charge in [0.15, 0.2) is 0 Å². The molecule has 1 aromatic heterocycles. The van der Waals surface area contributed by atoms with Gasteiger partial charge in [-0.3, -0.25) is 19.7 Å². The lowest BCUT2D eigenvalue weighted by molar-refractivity contribution is -0.385. The van der Waals surface area contributed by atoms with Crippen LogP contribution in [0.25, 0.3) is 0 Å². The van der Waals surface area contributed by atoms with Crippen LogP contribution in [0.1, 0.15) is 39.1 Å². The van der Waals surface area contributed by atoms with Gasteiger partial charge >= 0.3 is 0 Å². The van der Waals surface area contributed by atoms with Crippen LogP contribution in [0, 0.1) is 23.0 Å². The van der Waals surface area contributed by atoms with Crippen LogP contribution in [0.4, 0.5) is 5.69 Å². The average molecular weight is 429 g/mol. The molecule has 158 valence electrons. The Balaban J connectivity index is 1.53. The van der Waals surface area contributed by atoms with Gasteiger partial charge in [-0.2, -0.15) is 0 Å². The number of rotatable bonds is 6. The van der Waals surface area contributed by atoms with Crippen LogP contribution >= 0.6 is 11.8 Å². The lowest BCUT2D eigenvalue weighted by Gasteiger charge is -2.32. The standard InChI is InChI=1S/C21H24N4O4S/c1-14-5-6-16(12-18(14)25(28)29)19(26)23-13-15-7-10-24(11-8-15)21(27)17-4-3-9-22-20(17)30-2/h3-6,9,12,15H,7-8,10-11,13H2,1-2H3,(H,23,26). The Bertz CT molecular complexity index is 958. The molecule has 0 unspecified atom stereocenters. The molecule has 0 radical (unpaired) electrons. The highest BCUT2D eigenvalue weighted by Gasteiger charge is 2.25. The summed E-state index contributed by atoms with van der Waals surface area (Å²) >= 11 is 1.45. The predicted octanol–water partition coefficient (Wildman–Crippen LogP) is 3.30. The molecule has 0 aliphatic carbocycles. The summed E-state index contributed by atoms with van der Waals surface area (Å²) in [6.45, 7) is 3.37. The molecular weight excluding hydrogens is 404 g/mol. The van der Waals surface area contributed by atoms with Crippen molar-refractivity contribution in [3.63, 3.8) is 0 Å².